The van der Waals surface area contributed by atoms with Crippen molar-refractivity contribution >= 4 is 5.82 Å². The molecule has 0 radical (unpaired) electrons. The van der Waals surface area contributed by atoms with E-state index in [1.807, 2.05) is 0 Å². The van der Waals surface area contributed by atoms with E-state index in [9.17, 15) is 18.0 Å². The van der Waals surface area contributed by atoms with Gasteiger partial charge in [0.2, 0.25) is 5.82 Å². The summed E-state index contributed by atoms with van der Waals surface area (Å²) in [5.41, 5.74) is -0.861. The Morgan fingerprint density at radius 3 is 2.71 bits per heavy atom. The van der Waals surface area contributed by atoms with E-state index >= 15 is 0 Å². The summed E-state index contributed by atoms with van der Waals surface area (Å²) in [6.45, 7) is 6.95. The van der Waals surface area contributed by atoms with Crippen LogP contribution >= 0.6 is 0 Å². The summed E-state index contributed by atoms with van der Waals surface area (Å²) in [6, 6.07) is 4.27. The first kappa shape index (κ1) is 15.5. The lowest BCUT2D eigenvalue weighted by Crippen LogP contribution is -2.12. The Hall–Kier alpha value is -3.41. The van der Waals surface area contributed by atoms with Crippen molar-refractivity contribution in [1.29, 1.82) is 0 Å². The normalized spacial score (nSPS) is 10.6. The minimum Gasteiger partial charge on any atom is -0.362 e. The van der Waals surface area contributed by atoms with E-state index in [2.05, 4.69) is 19.9 Å². The Bertz CT molecular complexity index is 1020. The van der Waals surface area contributed by atoms with E-state index in [1.165, 1.54) is 6.07 Å². The number of rotatable bonds is 3. The van der Waals surface area contributed by atoms with Gasteiger partial charge in [0.1, 0.15) is 23.9 Å². The summed E-state index contributed by atoms with van der Waals surface area (Å²) in [7, 11) is 0. The summed E-state index contributed by atoms with van der Waals surface area (Å²) in [5, 5.41) is 4.05. The number of hydrogen-bond acceptors (Lipinski definition) is 3. The van der Waals surface area contributed by atoms with Crippen LogP contribution < -0.4 is 5.56 Å². The second kappa shape index (κ2) is 6.00. The first-order chi connectivity index (χ1) is 11.5. The van der Waals surface area contributed by atoms with Crippen LogP contribution in [0.4, 0.5) is 19.0 Å². The number of aromatic nitrogens is 4. The summed E-state index contributed by atoms with van der Waals surface area (Å²) < 4.78 is 41.1. The van der Waals surface area contributed by atoms with Crippen LogP contribution in [-0.2, 0) is 6.54 Å². The van der Waals surface area contributed by atoms with Crippen LogP contribution in [0.15, 0.2) is 35.3 Å². The van der Waals surface area contributed by atoms with Crippen LogP contribution in [-0.4, -0.2) is 19.7 Å². The van der Waals surface area contributed by atoms with Crippen LogP contribution in [0.3, 0.4) is 0 Å². The maximum absolute atomic E-state index is 13.7. The molecule has 9 heteroatoms. The quantitative estimate of drug-likeness (QED) is 0.750. The fourth-order valence-electron chi connectivity index (χ4n) is 2.06. The molecular weight excluding hydrogens is 323 g/mol. The highest BCUT2D eigenvalue weighted by Crippen LogP contribution is 2.22. The van der Waals surface area contributed by atoms with Gasteiger partial charge in [-0.15, -0.1) is 0 Å². The van der Waals surface area contributed by atoms with Gasteiger partial charge in [0.25, 0.3) is 11.4 Å². The number of nitrogens with one attached hydrogen (secondary N) is 1. The number of nitrogens with zero attached hydrogens (tertiary/aromatic N) is 4. The predicted octanol–water partition coefficient (Wildman–Crippen LogP) is 2.65. The zero-order valence-corrected chi connectivity index (χ0v) is 11.9. The highest BCUT2D eigenvalue weighted by atomic mass is 19.1. The van der Waals surface area contributed by atoms with E-state index in [1.54, 1.807) is 0 Å². The third-order valence-electron chi connectivity index (χ3n) is 3.20. The molecular formula is C15H8F3N5O. The van der Waals surface area contributed by atoms with Gasteiger partial charge in [-0.25, -0.2) is 13.8 Å². The molecule has 0 saturated heterocycles. The van der Waals surface area contributed by atoms with Gasteiger partial charge in [-0.05, 0) is 24.3 Å². The fraction of sp³-hybridized carbons (Fsp3) is 0.0667. The van der Waals surface area contributed by atoms with Crippen molar-refractivity contribution < 1.29 is 13.2 Å². The lowest BCUT2D eigenvalue weighted by Gasteiger charge is -2.02. The van der Waals surface area contributed by atoms with Crippen LogP contribution in [0.25, 0.3) is 16.4 Å². The molecule has 0 saturated carbocycles. The van der Waals surface area contributed by atoms with Crippen LogP contribution in [0.5, 0.6) is 0 Å². The van der Waals surface area contributed by atoms with E-state index < -0.39 is 23.0 Å². The summed E-state index contributed by atoms with van der Waals surface area (Å²) in [5.74, 6) is -2.32. The number of H-pyrrole nitrogens is 1. The first-order valence-corrected chi connectivity index (χ1v) is 6.62. The molecule has 1 N–H and O–H groups in total. The molecule has 2 aromatic heterocycles. The Kier molecular flexibility index (Phi) is 3.87. The maximum atomic E-state index is 13.7. The molecule has 0 fully saturated rings. The van der Waals surface area contributed by atoms with Gasteiger partial charge < -0.3 is 9.83 Å². The molecule has 6 nitrogen and oxygen atoms in total. The molecule has 120 valence electrons. The minimum atomic E-state index is -1.05. The second-order valence-corrected chi connectivity index (χ2v) is 4.80. The zero-order valence-electron chi connectivity index (χ0n) is 11.9. The molecule has 0 spiro atoms. The summed E-state index contributed by atoms with van der Waals surface area (Å²) >= 11 is 0. The molecule has 2 heterocycles. The van der Waals surface area contributed by atoms with Crippen molar-refractivity contribution in [2.45, 2.75) is 6.54 Å². The molecule has 1 aromatic carbocycles. The average molecular weight is 331 g/mol. The predicted molar refractivity (Wildman–Crippen MR) is 77.8 cm³/mol. The Morgan fingerprint density at radius 2 is 2.00 bits per heavy atom. The summed E-state index contributed by atoms with van der Waals surface area (Å²) in [4.78, 5) is 20.4. The number of aromatic amines is 1. The molecule has 0 aliphatic heterocycles. The van der Waals surface area contributed by atoms with Crippen LogP contribution in [0.1, 0.15) is 5.56 Å². The van der Waals surface area contributed by atoms with Crippen molar-refractivity contribution in [3.05, 3.63) is 75.2 Å². The molecule has 3 aromatic rings. The third-order valence-corrected chi connectivity index (χ3v) is 3.20. The molecule has 3 rings (SSSR count). The Labute approximate surface area is 133 Å². The largest absolute Gasteiger partial charge is 0.362 e. The Morgan fingerprint density at radius 1 is 1.21 bits per heavy atom. The lowest BCUT2D eigenvalue weighted by molar-refractivity contribution is 0.568. The second-order valence-electron chi connectivity index (χ2n) is 4.80. The third kappa shape index (κ3) is 2.89. The molecule has 0 aliphatic rings. The number of halogens is 3. The van der Waals surface area contributed by atoms with Crippen molar-refractivity contribution in [1.82, 2.24) is 19.7 Å². The first-order valence-electron chi connectivity index (χ1n) is 6.62. The molecule has 0 unspecified atom stereocenters. The molecule has 0 bridgehead atoms. The van der Waals surface area contributed by atoms with E-state index in [0.29, 0.717) is 0 Å². The molecule has 24 heavy (non-hydrogen) atoms. The smallest absolute Gasteiger partial charge is 0.287 e. The Balaban J connectivity index is 2.02. The number of hydrogen-bond donors (Lipinski definition) is 1. The lowest BCUT2D eigenvalue weighted by atomic mass is 10.2. The number of benzene rings is 1. The van der Waals surface area contributed by atoms with Gasteiger partial charge in [0, 0.05) is 5.56 Å². The zero-order chi connectivity index (χ0) is 17.3. The summed E-state index contributed by atoms with van der Waals surface area (Å²) in [6.07, 6.45) is 0.733. The molecule has 0 amide bonds. The standard InChI is InChI=1S/C15H8F3N5O/c1-19-13-5-12(14-20-6-11(18)15(24)21-14)22-23(13)7-8-4-9(16)2-3-10(8)17/h2-6H,7H2,(H,20,21,24). The SMILES string of the molecule is [C-]#[N+]c1cc(-c2ncc(F)c(=O)[nH]2)nn1Cc1cc(F)ccc1F. The topological polar surface area (TPSA) is 67.9 Å². The van der Waals surface area contributed by atoms with Gasteiger partial charge in [-0.1, -0.05) is 11.7 Å². The monoisotopic (exact) mass is 331 g/mol. The van der Waals surface area contributed by atoms with E-state index in [4.69, 9.17) is 6.57 Å². The van der Waals surface area contributed by atoms with Crippen molar-refractivity contribution in [3.8, 4) is 11.5 Å². The van der Waals surface area contributed by atoms with Crippen molar-refractivity contribution in [2.75, 3.05) is 0 Å². The highest BCUT2D eigenvalue weighted by molar-refractivity contribution is 5.56. The van der Waals surface area contributed by atoms with Gasteiger partial charge in [-0.3, -0.25) is 4.79 Å². The molecule has 0 aliphatic carbocycles. The average Bonchev–Trinajstić information content (AvgIpc) is 2.96. The highest BCUT2D eigenvalue weighted by Gasteiger charge is 2.16. The van der Waals surface area contributed by atoms with E-state index in [-0.39, 0.29) is 29.4 Å². The van der Waals surface area contributed by atoms with Crippen LogP contribution in [0, 0.1) is 24.0 Å². The van der Waals surface area contributed by atoms with E-state index in [0.717, 1.165) is 29.1 Å². The van der Waals surface area contributed by atoms with Gasteiger partial charge in [-0.2, -0.15) is 9.07 Å². The fourth-order valence-corrected chi connectivity index (χ4v) is 2.06. The van der Waals surface area contributed by atoms with Crippen molar-refractivity contribution in [3.63, 3.8) is 0 Å². The maximum Gasteiger partial charge on any atom is 0.287 e. The van der Waals surface area contributed by atoms with Gasteiger partial charge in [0.05, 0.1) is 6.20 Å². The van der Waals surface area contributed by atoms with Gasteiger partial charge >= 0.3 is 0 Å². The van der Waals surface area contributed by atoms with Gasteiger partial charge in [0.15, 0.2) is 5.82 Å². The minimum absolute atomic E-state index is 0.00936. The van der Waals surface area contributed by atoms with Crippen molar-refractivity contribution in [2.24, 2.45) is 0 Å². The molecule has 0 atom stereocenters. The van der Waals surface area contributed by atoms with Crippen LogP contribution in [0.2, 0.25) is 0 Å².